The van der Waals surface area contributed by atoms with E-state index in [1.807, 2.05) is 6.92 Å². The third-order valence-corrected chi connectivity index (χ3v) is 3.57. The highest BCUT2D eigenvalue weighted by atomic mass is 79.9. The van der Waals surface area contributed by atoms with E-state index in [9.17, 15) is 14.0 Å². The van der Waals surface area contributed by atoms with Gasteiger partial charge in [-0.15, -0.1) is 0 Å². The number of rotatable bonds is 5. The molecule has 4 nitrogen and oxygen atoms in total. The Morgan fingerprint density at radius 3 is 2.63 bits per heavy atom. The molecule has 2 atom stereocenters. The number of aliphatic carboxylic acids is 1. The van der Waals surface area contributed by atoms with Crippen LogP contribution >= 0.6 is 15.9 Å². The molecule has 0 radical (unpaired) electrons. The molecule has 0 aromatic heterocycles. The van der Waals surface area contributed by atoms with Gasteiger partial charge in [0.05, 0.1) is 10.0 Å². The molecule has 6 heteroatoms. The summed E-state index contributed by atoms with van der Waals surface area (Å²) in [5.74, 6) is -2.80. The second-order valence-corrected chi connectivity index (χ2v) is 5.13. The van der Waals surface area contributed by atoms with Gasteiger partial charge >= 0.3 is 5.97 Å². The lowest BCUT2D eigenvalue weighted by Gasteiger charge is -2.20. The van der Waals surface area contributed by atoms with E-state index in [2.05, 4.69) is 21.2 Å². The lowest BCUT2D eigenvalue weighted by molar-refractivity contribution is -0.140. The lowest BCUT2D eigenvalue weighted by Crippen LogP contribution is -2.45. The number of carbonyl (C=O) groups excluding carboxylic acids is 1. The second kappa shape index (κ2) is 6.65. The number of nitrogens with one attached hydrogen (secondary N) is 1. The van der Waals surface area contributed by atoms with Gasteiger partial charge in [0.15, 0.2) is 0 Å². The third-order valence-electron chi connectivity index (χ3n) is 2.96. The fraction of sp³-hybridized carbons (Fsp3) is 0.385. The van der Waals surface area contributed by atoms with Crippen LogP contribution in [0.15, 0.2) is 22.7 Å². The number of hydrogen-bond donors (Lipinski definition) is 2. The van der Waals surface area contributed by atoms with Crippen molar-refractivity contribution in [3.63, 3.8) is 0 Å². The van der Waals surface area contributed by atoms with Crippen LogP contribution in [0.2, 0.25) is 0 Å². The Morgan fingerprint density at radius 2 is 2.11 bits per heavy atom. The van der Waals surface area contributed by atoms with E-state index >= 15 is 0 Å². The Morgan fingerprint density at radius 1 is 1.47 bits per heavy atom. The zero-order valence-corrected chi connectivity index (χ0v) is 12.2. The molecule has 0 heterocycles. The highest BCUT2D eigenvalue weighted by Crippen LogP contribution is 2.19. The molecule has 0 spiro atoms. The first-order valence-electron chi connectivity index (χ1n) is 5.86. The van der Waals surface area contributed by atoms with E-state index in [-0.39, 0.29) is 16.0 Å². The van der Waals surface area contributed by atoms with Crippen LogP contribution in [-0.4, -0.2) is 23.0 Å². The molecule has 0 aliphatic heterocycles. The Kier molecular flexibility index (Phi) is 5.47. The molecule has 0 saturated carbocycles. The van der Waals surface area contributed by atoms with Gasteiger partial charge in [-0.2, -0.15) is 0 Å². The van der Waals surface area contributed by atoms with Crippen molar-refractivity contribution < 1.29 is 19.1 Å². The van der Waals surface area contributed by atoms with Crippen LogP contribution in [0.3, 0.4) is 0 Å². The second-order valence-electron chi connectivity index (χ2n) is 4.28. The van der Waals surface area contributed by atoms with Crippen molar-refractivity contribution in [3.8, 4) is 0 Å². The fourth-order valence-corrected chi connectivity index (χ4v) is 1.95. The predicted molar refractivity (Wildman–Crippen MR) is 72.4 cm³/mol. The van der Waals surface area contributed by atoms with Gasteiger partial charge in [0.1, 0.15) is 11.9 Å². The van der Waals surface area contributed by atoms with Gasteiger partial charge in [-0.25, -0.2) is 9.18 Å². The molecule has 2 unspecified atom stereocenters. The zero-order valence-electron chi connectivity index (χ0n) is 10.6. The average molecular weight is 332 g/mol. The maximum absolute atomic E-state index is 13.7. The first kappa shape index (κ1) is 15.6. The molecule has 0 aliphatic rings. The number of carboxylic acids is 1. The van der Waals surface area contributed by atoms with Crippen molar-refractivity contribution >= 4 is 27.8 Å². The largest absolute Gasteiger partial charge is 0.480 e. The van der Waals surface area contributed by atoms with E-state index < -0.39 is 23.7 Å². The first-order chi connectivity index (χ1) is 8.88. The molecule has 1 aromatic carbocycles. The minimum Gasteiger partial charge on any atom is -0.480 e. The summed E-state index contributed by atoms with van der Waals surface area (Å²) < 4.78 is 13.9. The minimum absolute atomic E-state index is 0.163. The molecule has 1 amide bonds. The normalized spacial score (nSPS) is 13.7. The van der Waals surface area contributed by atoms with Crippen LogP contribution in [0.4, 0.5) is 4.39 Å². The smallest absolute Gasteiger partial charge is 0.326 e. The molecule has 1 aromatic rings. The topological polar surface area (TPSA) is 66.4 Å². The van der Waals surface area contributed by atoms with E-state index in [0.29, 0.717) is 6.42 Å². The van der Waals surface area contributed by atoms with E-state index in [1.165, 1.54) is 18.2 Å². The predicted octanol–water partition coefficient (Wildman–Crippen LogP) is 2.82. The first-order valence-corrected chi connectivity index (χ1v) is 6.65. The summed E-state index contributed by atoms with van der Waals surface area (Å²) in [6.07, 6.45) is 0.595. The Bertz CT molecular complexity index is 493. The maximum Gasteiger partial charge on any atom is 0.326 e. The van der Waals surface area contributed by atoms with Crippen molar-refractivity contribution in [2.24, 2.45) is 5.92 Å². The van der Waals surface area contributed by atoms with Crippen molar-refractivity contribution in [3.05, 3.63) is 34.1 Å². The van der Waals surface area contributed by atoms with Gasteiger partial charge in [-0.05, 0) is 34.0 Å². The maximum atomic E-state index is 13.7. The molecule has 0 fully saturated rings. The number of amides is 1. The van der Waals surface area contributed by atoms with Gasteiger partial charge in [-0.3, -0.25) is 4.79 Å². The number of hydrogen-bond acceptors (Lipinski definition) is 2. The summed E-state index contributed by atoms with van der Waals surface area (Å²) in [6.45, 7) is 3.54. The molecule has 104 valence electrons. The highest BCUT2D eigenvalue weighted by molar-refractivity contribution is 9.10. The summed E-state index contributed by atoms with van der Waals surface area (Å²) >= 11 is 2.98. The highest BCUT2D eigenvalue weighted by Gasteiger charge is 2.26. The summed E-state index contributed by atoms with van der Waals surface area (Å²) in [7, 11) is 0. The number of benzene rings is 1. The summed E-state index contributed by atoms with van der Waals surface area (Å²) in [5, 5.41) is 11.4. The van der Waals surface area contributed by atoms with Gasteiger partial charge in [0.2, 0.25) is 0 Å². The fourth-order valence-electron chi connectivity index (χ4n) is 1.58. The van der Waals surface area contributed by atoms with Crippen LogP contribution in [0.25, 0.3) is 0 Å². The summed E-state index contributed by atoms with van der Waals surface area (Å²) in [6, 6.07) is 3.26. The Hall–Kier alpha value is -1.43. The number of halogens is 2. The van der Waals surface area contributed by atoms with E-state index in [4.69, 9.17) is 5.11 Å². The zero-order chi connectivity index (χ0) is 14.6. The van der Waals surface area contributed by atoms with Crippen molar-refractivity contribution in [1.29, 1.82) is 0 Å². The molecular weight excluding hydrogens is 317 g/mol. The molecule has 0 aliphatic carbocycles. The molecule has 0 saturated heterocycles. The molecule has 1 rings (SSSR count). The monoisotopic (exact) mass is 331 g/mol. The molecule has 19 heavy (non-hydrogen) atoms. The van der Waals surface area contributed by atoms with Gasteiger partial charge in [-0.1, -0.05) is 26.3 Å². The van der Waals surface area contributed by atoms with Gasteiger partial charge in [0.25, 0.3) is 5.91 Å². The third kappa shape index (κ3) is 3.76. The van der Waals surface area contributed by atoms with Gasteiger partial charge < -0.3 is 10.4 Å². The number of carboxylic acid groups (broad SMARTS) is 1. The summed E-state index contributed by atoms with van der Waals surface area (Å²) in [5.41, 5.74) is -0.177. The standard InChI is InChI=1S/C13H15BrFNO3/c1-3-7(2)11(13(18)19)16-12(17)8-5-4-6-9(14)10(8)15/h4-7,11H,3H2,1-2H3,(H,16,17)(H,18,19). The van der Waals surface area contributed by atoms with Crippen LogP contribution in [0.5, 0.6) is 0 Å². The van der Waals surface area contributed by atoms with Crippen molar-refractivity contribution in [2.75, 3.05) is 0 Å². The minimum atomic E-state index is -1.13. The molecule has 0 bridgehead atoms. The molecule has 2 N–H and O–H groups in total. The quantitative estimate of drug-likeness (QED) is 0.871. The summed E-state index contributed by atoms with van der Waals surface area (Å²) in [4.78, 5) is 23.0. The lowest BCUT2D eigenvalue weighted by atomic mass is 9.99. The van der Waals surface area contributed by atoms with Crippen molar-refractivity contribution in [2.45, 2.75) is 26.3 Å². The van der Waals surface area contributed by atoms with Crippen molar-refractivity contribution in [1.82, 2.24) is 5.32 Å². The van der Waals surface area contributed by atoms with Crippen LogP contribution in [0.1, 0.15) is 30.6 Å². The average Bonchev–Trinajstić information content (AvgIpc) is 2.37. The van der Waals surface area contributed by atoms with Crippen LogP contribution in [-0.2, 0) is 4.79 Å². The number of carbonyl (C=O) groups is 2. The van der Waals surface area contributed by atoms with Gasteiger partial charge in [0, 0.05) is 0 Å². The van der Waals surface area contributed by atoms with E-state index in [0.717, 1.165) is 0 Å². The van der Waals surface area contributed by atoms with Crippen LogP contribution < -0.4 is 5.32 Å². The Balaban J connectivity index is 2.94. The van der Waals surface area contributed by atoms with Crippen LogP contribution in [0, 0.1) is 11.7 Å². The van der Waals surface area contributed by atoms with E-state index in [1.54, 1.807) is 6.92 Å². The SMILES string of the molecule is CCC(C)C(NC(=O)c1cccc(Br)c1F)C(=O)O. The molecular formula is C13H15BrFNO3. The Labute approximate surface area is 119 Å².